The quantitative estimate of drug-likeness (QED) is 0.479. The van der Waals surface area contributed by atoms with Crippen LogP contribution in [0.2, 0.25) is 0 Å². The van der Waals surface area contributed by atoms with Gasteiger partial charge in [0.25, 0.3) is 0 Å². The molecule has 0 bridgehead atoms. The zero-order chi connectivity index (χ0) is 7.84. The molecule has 1 saturated heterocycles. The lowest BCUT2D eigenvalue weighted by Crippen LogP contribution is -2.61. The van der Waals surface area contributed by atoms with E-state index in [0.717, 1.165) is 0 Å². The third kappa shape index (κ3) is 0.795. The first-order valence-corrected chi connectivity index (χ1v) is 3.21. The van der Waals surface area contributed by atoms with E-state index >= 15 is 0 Å². The second kappa shape index (κ2) is 2.03. The summed E-state index contributed by atoms with van der Waals surface area (Å²) in [5.41, 5.74) is 5.37. The average Bonchev–Trinajstić information content (AvgIpc) is 2.51. The van der Waals surface area contributed by atoms with E-state index < -0.39 is 0 Å². The monoisotopic (exact) mass is 153 g/mol. The van der Waals surface area contributed by atoms with Crippen LogP contribution in [0.1, 0.15) is 0 Å². The van der Waals surface area contributed by atoms with Gasteiger partial charge in [-0.2, -0.15) is 10.1 Å². The standard InChI is InChI=1S/C5H7N5O/c6-3-1-10(4(3)11)5-7-2-8-9-5/h2-3H,1,6H2,(H,7,8,9)/t3-/m0/s1. The van der Waals surface area contributed by atoms with Gasteiger partial charge in [0.05, 0.1) is 6.54 Å². The van der Waals surface area contributed by atoms with Crippen LogP contribution in [0.15, 0.2) is 6.33 Å². The number of nitrogens with zero attached hydrogens (tertiary/aromatic N) is 3. The van der Waals surface area contributed by atoms with E-state index in [4.69, 9.17) is 5.73 Å². The molecular weight excluding hydrogens is 146 g/mol. The minimum atomic E-state index is -0.361. The van der Waals surface area contributed by atoms with Gasteiger partial charge in [-0.25, -0.2) is 5.10 Å². The number of β-lactam (4-membered cyclic amide) rings is 1. The molecule has 1 aromatic rings. The number of nitrogens with one attached hydrogen (secondary N) is 1. The maximum atomic E-state index is 11.0. The third-order valence-electron chi connectivity index (χ3n) is 1.62. The number of carbonyl (C=O) groups is 1. The molecule has 0 unspecified atom stereocenters. The molecule has 1 aliphatic heterocycles. The van der Waals surface area contributed by atoms with E-state index in [1.807, 2.05) is 0 Å². The van der Waals surface area contributed by atoms with Crippen molar-refractivity contribution in [2.75, 3.05) is 11.4 Å². The van der Waals surface area contributed by atoms with Gasteiger partial charge in [-0.3, -0.25) is 9.69 Å². The van der Waals surface area contributed by atoms with Crippen molar-refractivity contribution in [3.05, 3.63) is 6.33 Å². The van der Waals surface area contributed by atoms with Crippen LogP contribution in [0, 0.1) is 0 Å². The van der Waals surface area contributed by atoms with E-state index in [2.05, 4.69) is 15.2 Å². The van der Waals surface area contributed by atoms with Gasteiger partial charge in [0.15, 0.2) is 0 Å². The van der Waals surface area contributed by atoms with E-state index in [0.29, 0.717) is 12.5 Å². The Hall–Kier alpha value is -1.43. The highest BCUT2D eigenvalue weighted by Gasteiger charge is 2.36. The van der Waals surface area contributed by atoms with Gasteiger partial charge in [-0.05, 0) is 0 Å². The number of H-pyrrole nitrogens is 1. The molecule has 0 radical (unpaired) electrons. The molecule has 3 N–H and O–H groups in total. The van der Waals surface area contributed by atoms with Gasteiger partial charge in [0.1, 0.15) is 12.4 Å². The van der Waals surface area contributed by atoms with Crippen LogP contribution in [-0.4, -0.2) is 33.7 Å². The zero-order valence-electron chi connectivity index (χ0n) is 5.69. The van der Waals surface area contributed by atoms with Crippen LogP contribution in [-0.2, 0) is 4.79 Å². The lowest BCUT2D eigenvalue weighted by molar-refractivity contribution is -0.123. The van der Waals surface area contributed by atoms with Crippen molar-refractivity contribution < 1.29 is 4.79 Å². The summed E-state index contributed by atoms with van der Waals surface area (Å²) in [6.07, 6.45) is 1.35. The first-order valence-electron chi connectivity index (χ1n) is 3.21. The molecular formula is C5H7N5O. The number of hydrogen-bond donors (Lipinski definition) is 2. The minimum absolute atomic E-state index is 0.109. The number of hydrogen-bond acceptors (Lipinski definition) is 4. The van der Waals surface area contributed by atoms with Crippen molar-refractivity contribution >= 4 is 11.9 Å². The number of nitrogens with two attached hydrogens (primary N) is 1. The SMILES string of the molecule is N[C@H]1CN(c2ncn[nH]2)C1=O. The molecule has 2 heterocycles. The van der Waals surface area contributed by atoms with Crippen LogP contribution >= 0.6 is 0 Å². The summed E-state index contributed by atoms with van der Waals surface area (Å²) in [5.74, 6) is 0.360. The summed E-state index contributed by atoms with van der Waals surface area (Å²) in [6.45, 7) is 0.522. The highest BCUT2D eigenvalue weighted by atomic mass is 16.2. The topological polar surface area (TPSA) is 87.9 Å². The fourth-order valence-electron chi connectivity index (χ4n) is 0.972. The molecule has 1 aromatic heterocycles. The number of carbonyl (C=O) groups excluding carboxylic acids is 1. The van der Waals surface area contributed by atoms with E-state index in [9.17, 15) is 4.79 Å². The van der Waals surface area contributed by atoms with Crippen molar-refractivity contribution in [3.63, 3.8) is 0 Å². The number of aromatic amines is 1. The molecule has 1 aliphatic rings. The van der Waals surface area contributed by atoms with Gasteiger partial charge in [-0.1, -0.05) is 0 Å². The zero-order valence-corrected chi connectivity index (χ0v) is 5.69. The third-order valence-corrected chi connectivity index (χ3v) is 1.62. The Bertz CT molecular complexity index is 268. The van der Waals surface area contributed by atoms with Crippen LogP contribution in [0.5, 0.6) is 0 Å². The maximum Gasteiger partial charge on any atom is 0.248 e. The molecule has 0 aliphatic carbocycles. The molecule has 0 aromatic carbocycles. The predicted molar refractivity (Wildman–Crippen MR) is 36.7 cm³/mol. The summed E-state index contributed by atoms with van der Waals surface area (Å²) in [6, 6.07) is -0.361. The molecule has 6 heteroatoms. The van der Waals surface area contributed by atoms with Crippen molar-refractivity contribution in [1.29, 1.82) is 0 Å². The van der Waals surface area contributed by atoms with E-state index in [1.54, 1.807) is 0 Å². The lowest BCUT2D eigenvalue weighted by Gasteiger charge is -2.33. The molecule has 0 spiro atoms. The van der Waals surface area contributed by atoms with Crippen LogP contribution in [0.4, 0.5) is 5.95 Å². The fourth-order valence-corrected chi connectivity index (χ4v) is 0.972. The van der Waals surface area contributed by atoms with Crippen LogP contribution in [0.3, 0.4) is 0 Å². The Morgan fingerprint density at radius 2 is 2.64 bits per heavy atom. The Labute approximate surface area is 62.4 Å². The summed E-state index contributed by atoms with van der Waals surface area (Å²) in [5, 5.41) is 6.19. The molecule has 58 valence electrons. The summed E-state index contributed by atoms with van der Waals surface area (Å²) >= 11 is 0. The molecule has 6 nitrogen and oxygen atoms in total. The highest BCUT2D eigenvalue weighted by molar-refractivity contribution is 6.02. The van der Waals surface area contributed by atoms with E-state index in [1.165, 1.54) is 11.2 Å². The average molecular weight is 153 g/mol. The summed E-state index contributed by atoms with van der Waals surface area (Å²) in [7, 11) is 0. The van der Waals surface area contributed by atoms with Crippen molar-refractivity contribution in [1.82, 2.24) is 15.2 Å². The molecule has 0 saturated carbocycles. The number of amides is 1. The van der Waals surface area contributed by atoms with Crippen molar-refractivity contribution in [2.24, 2.45) is 5.73 Å². The van der Waals surface area contributed by atoms with Crippen molar-refractivity contribution in [3.8, 4) is 0 Å². The van der Waals surface area contributed by atoms with Gasteiger partial charge in [0.2, 0.25) is 11.9 Å². The van der Waals surface area contributed by atoms with Crippen molar-refractivity contribution in [2.45, 2.75) is 6.04 Å². The highest BCUT2D eigenvalue weighted by Crippen LogP contribution is 2.14. The summed E-state index contributed by atoms with van der Waals surface area (Å²) < 4.78 is 0. The first kappa shape index (κ1) is 6.29. The summed E-state index contributed by atoms with van der Waals surface area (Å²) in [4.78, 5) is 16.2. The second-order valence-electron chi connectivity index (χ2n) is 2.36. The second-order valence-corrected chi connectivity index (χ2v) is 2.36. The van der Waals surface area contributed by atoms with Gasteiger partial charge in [0, 0.05) is 0 Å². The smallest absolute Gasteiger partial charge is 0.248 e. The predicted octanol–water partition coefficient (Wildman–Crippen LogP) is -1.52. The number of aromatic nitrogens is 3. The molecule has 1 fully saturated rings. The van der Waals surface area contributed by atoms with Gasteiger partial charge in [-0.15, -0.1) is 0 Å². The molecule has 11 heavy (non-hydrogen) atoms. The number of rotatable bonds is 1. The Morgan fingerprint density at radius 3 is 3.09 bits per heavy atom. The Morgan fingerprint density at radius 1 is 1.82 bits per heavy atom. The lowest BCUT2D eigenvalue weighted by atomic mass is 10.1. The van der Waals surface area contributed by atoms with Gasteiger partial charge < -0.3 is 5.73 Å². The fraction of sp³-hybridized carbons (Fsp3) is 0.400. The normalized spacial score (nSPS) is 23.5. The largest absolute Gasteiger partial charge is 0.318 e. The molecule has 1 atom stereocenters. The number of anilines is 1. The first-order chi connectivity index (χ1) is 5.29. The maximum absolute atomic E-state index is 11.0. The Kier molecular flexibility index (Phi) is 1.16. The Balaban J connectivity index is 2.16. The van der Waals surface area contributed by atoms with Crippen LogP contribution in [0.25, 0.3) is 0 Å². The van der Waals surface area contributed by atoms with Crippen LogP contribution < -0.4 is 10.6 Å². The minimum Gasteiger partial charge on any atom is -0.318 e. The molecule has 2 rings (SSSR count). The van der Waals surface area contributed by atoms with Gasteiger partial charge >= 0.3 is 0 Å². The molecule has 1 amide bonds. The van der Waals surface area contributed by atoms with E-state index in [-0.39, 0.29) is 11.9 Å².